The molecule has 0 aromatic heterocycles. The van der Waals surface area contributed by atoms with Gasteiger partial charge in [0, 0.05) is 18.2 Å². The second-order valence-corrected chi connectivity index (χ2v) is 8.68. The van der Waals surface area contributed by atoms with Gasteiger partial charge in [0.2, 0.25) is 0 Å². The van der Waals surface area contributed by atoms with E-state index in [0.29, 0.717) is 24.6 Å². The summed E-state index contributed by atoms with van der Waals surface area (Å²) in [6, 6.07) is 20.7. The van der Waals surface area contributed by atoms with E-state index in [1.165, 1.54) is 4.90 Å². The predicted octanol–water partition coefficient (Wildman–Crippen LogP) is 6.03. The van der Waals surface area contributed by atoms with E-state index < -0.39 is 0 Å². The fraction of sp³-hybridized carbons (Fsp3) is 0.333. The SMILES string of the molecule is CC(C)CCNC(=O)N(C(=O)c1ccc2cc(OCc3ccccc3)ccc2c1)C(C)C. The van der Waals surface area contributed by atoms with E-state index in [1.807, 2.05) is 74.5 Å². The zero-order valence-electron chi connectivity index (χ0n) is 19.3. The first kappa shape index (κ1) is 23.3. The van der Waals surface area contributed by atoms with Crippen molar-refractivity contribution in [2.45, 2.75) is 46.8 Å². The minimum Gasteiger partial charge on any atom is -0.489 e. The Bertz CT molecular complexity index is 1060. The maximum atomic E-state index is 13.1. The number of imide groups is 1. The summed E-state index contributed by atoms with van der Waals surface area (Å²) in [5.41, 5.74) is 1.59. The van der Waals surface area contributed by atoms with Crippen molar-refractivity contribution in [2.75, 3.05) is 6.54 Å². The van der Waals surface area contributed by atoms with Crippen molar-refractivity contribution in [2.24, 2.45) is 5.92 Å². The van der Waals surface area contributed by atoms with Crippen molar-refractivity contribution in [3.05, 3.63) is 77.9 Å². The van der Waals surface area contributed by atoms with Gasteiger partial charge in [0.05, 0.1) is 0 Å². The molecule has 0 aliphatic heterocycles. The zero-order chi connectivity index (χ0) is 23.1. The van der Waals surface area contributed by atoms with Gasteiger partial charge in [-0.2, -0.15) is 0 Å². The zero-order valence-corrected chi connectivity index (χ0v) is 19.3. The number of benzene rings is 3. The number of ether oxygens (including phenoxy) is 1. The molecule has 0 fully saturated rings. The second kappa shape index (κ2) is 10.8. The van der Waals surface area contributed by atoms with Crippen LogP contribution in [0.15, 0.2) is 66.7 Å². The van der Waals surface area contributed by atoms with Crippen LogP contribution in [0.1, 0.15) is 50.0 Å². The number of hydrogen-bond acceptors (Lipinski definition) is 3. The first-order valence-corrected chi connectivity index (χ1v) is 11.2. The molecule has 0 saturated carbocycles. The molecule has 3 rings (SSSR count). The van der Waals surface area contributed by atoms with Gasteiger partial charge in [0.1, 0.15) is 12.4 Å². The monoisotopic (exact) mass is 432 g/mol. The first-order chi connectivity index (χ1) is 15.3. The summed E-state index contributed by atoms with van der Waals surface area (Å²) in [4.78, 5) is 27.1. The van der Waals surface area contributed by atoms with Gasteiger partial charge >= 0.3 is 6.03 Å². The third-order valence-corrected chi connectivity index (χ3v) is 5.26. The average Bonchev–Trinajstić information content (AvgIpc) is 2.77. The molecular formula is C27H32N2O3. The van der Waals surface area contributed by atoms with Crippen LogP contribution in [-0.4, -0.2) is 29.4 Å². The van der Waals surface area contributed by atoms with Crippen LogP contribution in [0, 0.1) is 5.92 Å². The molecule has 5 nitrogen and oxygen atoms in total. The molecule has 3 amide bonds. The Hall–Kier alpha value is -3.34. The first-order valence-electron chi connectivity index (χ1n) is 11.2. The van der Waals surface area contributed by atoms with Gasteiger partial charge in [0.15, 0.2) is 0 Å². The van der Waals surface area contributed by atoms with Gasteiger partial charge < -0.3 is 10.1 Å². The smallest absolute Gasteiger partial charge is 0.324 e. The number of carbonyl (C=O) groups excluding carboxylic acids is 2. The van der Waals surface area contributed by atoms with Crippen LogP contribution in [0.4, 0.5) is 4.79 Å². The maximum Gasteiger partial charge on any atom is 0.324 e. The van der Waals surface area contributed by atoms with Crippen LogP contribution < -0.4 is 10.1 Å². The van der Waals surface area contributed by atoms with Crippen LogP contribution in [0.3, 0.4) is 0 Å². The molecule has 32 heavy (non-hydrogen) atoms. The molecule has 0 spiro atoms. The topological polar surface area (TPSA) is 58.6 Å². The van der Waals surface area contributed by atoms with E-state index in [4.69, 9.17) is 4.74 Å². The summed E-state index contributed by atoms with van der Waals surface area (Å²) >= 11 is 0. The number of amides is 3. The van der Waals surface area contributed by atoms with Crippen molar-refractivity contribution >= 4 is 22.7 Å². The fourth-order valence-corrected chi connectivity index (χ4v) is 3.44. The highest BCUT2D eigenvalue weighted by molar-refractivity contribution is 6.06. The lowest BCUT2D eigenvalue weighted by Gasteiger charge is -2.25. The molecule has 0 radical (unpaired) electrons. The highest BCUT2D eigenvalue weighted by atomic mass is 16.5. The molecule has 0 aliphatic carbocycles. The highest BCUT2D eigenvalue weighted by Crippen LogP contribution is 2.24. The Morgan fingerprint density at radius 1 is 0.906 bits per heavy atom. The van der Waals surface area contributed by atoms with Gasteiger partial charge in [0.25, 0.3) is 5.91 Å². The summed E-state index contributed by atoms with van der Waals surface area (Å²) < 4.78 is 5.91. The number of carbonyl (C=O) groups is 2. The van der Waals surface area contributed by atoms with Crippen molar-refractivity contribution in [3.63, 3.8) is 0 Å². The summed E-state index contributed by atoms with van der Waals surface area (Å²) in [5.74, 6) is 0.961. The Labute approximate surface area is 190 Å². The van der Waals surface area contributed by atoms with E-state index in [-0.39, 0.29) is 18.0 Å². The molecular weight excluding hydrogens is 400 g/mol. The third-order valence-electron chi connectivity index (χ3n) is 5.26. The van der Waals surface area contributed by atoms with Crippen LogP contribution >= 0.6 is 0 Å². The minimum atomic E-state index is -0.351. The summed E-state index contributed by atoms with van der Waals surface area (Å²) in [6.45, 7) is 8.94. The number of hydrogen-bond donors (Lipinski definition) is 1. The molecule has 0 aliphatic rings. The second-order valence-electron chi connectivity index (χ2n) is 8.68. The predicted molar refractivity (Wildman–Crippen MR) is 129 cm³/mol. The molecule has 0 atom stereocenters. The van der Waals surface area contributed by atoms with E-state index in [1.54, 1.807) is 6.07 Å². The lowest BCUT2D eigenvalue weighted by Crippen LogP contribution is -2.48. The Kier molecular flexibility index (Phi) is 7.87. The Balaban J connectivity index is 1.73. The fourth-order valence-electron chi connectivity index (χ4n) is 3.44. The van der Waals surface area contributed by atoms with Crippen LogP contribution in [0.5, 0.6) is 5.75 Å². The lowest BCUT2D eigenvalue weighted by molar-refractivity contribution is 0.0762. The van der Waals surface area contributed by atoms with Crippen molar-refractivity contribution in [3.8, 4) is 5.75 Å². The van der Waals surface area contributed by atoms with E-state index in [0.717, 1.165) is 28.5 Å². The lowest BCUT2D eigenvalue weighted by atomic mass is 10.1. The van der Waals surface area contributed by atoms with Crippen molar-refractivity contribution in [1.82, 2.24) is 10.2 Å². The Morgan fingerprint density at radius 3 is 2.28 bits per heavy atom. The van der Waals surface area contributed by atoms with Gasteiger partial charge in [-0.15, -0.1) is 0 Å². The van der Waals surface area contributed by atoms with Crippen LogP contribution in [0.25, 0.3) is 10.8 Å². The van der Waals surface area contributed by atoms with Gasteiger partial charge in [-0.3, -0.25) is 9.69 Å². The summed E-state index contributed by atoms with van der Waals surface area (Å²) in [5, 5.41) is 4.77. The average molecular weight is 433 g/mol. The standard InChI is InChI=1S/C27H32N2O3/c1-19(2)14-15-28-27(31)29(20(3)4)26(30)24-11-10-23-17-25(13-12-22(23)16-24)32-18-21-8-6-5-7-9-21/h5-13,16-17,19-20H,14-15,18H2,1-4H3,(H,28,31). The molecule has 0 unspecified atom stereocenters. The molecule has 0 bridgehead atoms. The van der Waals surface area contributed by atoms with E-state index >= 15 is 0 Å². The van der Waals surface area contributed by atoms with Gasteiger partial charge in [-0.05, 0) is 66.8 Å². The van der Waals surface area contributed by atoms with Crippen molar-refractivity contribution in [1.29, 1.82) is 0 Å². The van der Waals surface area contributed by atoms with E-state index in [9.17, 15) is 9.59 Å². The molecule has 0 heterocycles. The van der Waals surface area contributed by atoms with Crippen molar-refractivity contribution < 1.29 is 14.3 Å². The van der Waals surface area contributed by atoms with Crippen LogP contribution in [0.2, 0.25) is 0 Å². The van der Waals surface area contributed by atoms with Gasteiger partial charge in [-0.1, -0.05) is 56.3 Å². The Morgan fingerprint density at radius 2 is 1.59 bits per heavy atom. The minimum absolute atomic E-state index is 0.244. The normalized spacial score (nSPS) is 11.1. The molecule has 3 aromatic carbocycles. The maximum absolute atomic E-state index is 13.1. The summed E-state index contributed by atoms with van der Waals surface area (Å²) in [6.07, 6.45) is 0.872. The molecule has 1 N–H and O–H groups in total. The molecule has 5 heteroatoms. The molecule has 0 saturated heterocycles. The third kappa shape index (κ3) is 6.10. The number of nitrogens with zero attached hydrogens (tertiary/aromatic N) is 1. The number of nitrogens with one attached hydrogen (secondary N) is 1. The molecule has 168 valence electrons. The number of rotatable bonds is 8. The molecule has 3 aromatic rings. The largest absolute Gasteiger partial charge is 0.489 e. The number of urea groups is 1. The van der Waals surface area contributed by atoms with Crippen LogP contribution in [-0.2, 0) is 6.61 Å². The van der Waals surface area contributed by atoms with Gasteiger partial charge in [-0.25, -0.2) is 4.79 Å². The number of fused-ring (bicyclic) bond motifs is 1. The summed E-state index contributed by atoms with van der Waals surface area (Å²) in [7, 11) is 0. The highest BCUT2D eigenvalue weighted by Gasteiger charge is 2.25. The quantitative estimate of drug-likeness (QED) is 0.473. The van der Waals surface area contributed by atoms with E-state index in [2.05, 4.69) is 19.2 Å².